The van der Waals surface area contributed by atoms with Crippen LogP contribution in [0.3, 0.4) is 0 Å². The Morgan fingerprint density at radius 2 is 1.65 bits per heavy atom. The zero-order valence-electron chi connectivity index (χ0n) is 12.0. The Balaban J connectivity index is 2.08. The SMILES string of the molecule is CC(C)(C)c1ccc(C(=O)CC(=O)c2cccs2)cc1. The highest BCUT2D eigenvalue weighted by Gasteiger charge is 2.16. The van der Waals surface area contributed by atoms with Crippen molar-refractivity contribution in [2.24, 2.45) is 0 Å². The van der Waals surface area contributed by atoms with E-state index in [1.165, 1.54) is 16.9 Å². The minimum Gasteiger partial charge on any atom is -0.294 e. The zero-order valence-corrected chi connectivity index (χ0v) is 12.8. The summed E-state index contributed by atoms with van der Waals surface area (Å²) in [4.78, 5) is 24.6. The second-order valence-electron chi connectivity index (χ2n) is 5.83. The quantitative estimate of drug-likeness (QED) is 0.612. The van der Waals surface area contributed by atoms with Crippen LogP contribution in [0.2, 0.25) is 0 Å². The molecule has 0 amide bonds. The Bertz CT molecular complexity index is 601. The molecule has 0 aliphatic carbocycles. The number of carbonyl (C=O) groups excluding carboxylic acids is 2. The molecule has 1 aromatic heterocycles. The predicted octanol–water partition coefficient (Wildman–Crippen LogP) is 4.50. The predicted molar refractivity (Wildman–Crippen MR) is 82.7 cm³/mol. The molecule has 1 heterocycles. The van der Waals surface area contributed by atoms with Crippen LogP contribution in [-0.2, 0) is 5.41 Å². The largest absolute Gasteiger partial charge is 0.294 e. The average Bonchev–Trinajstić information content (AvgIpc) is 2.91. The highest BCUT2D eigenvalue weighted by atomic mass is 32.1. The van der Waals surface area contributed by atoms with E-state index in [1.54, 1.807) is 6.07 Å². The fourth-order valence-electron chi connectivity index (χ4n) is 1.93. The molecule has 20 heavy (non-hydrogen) atoms. The molecule has 3 heteroatoms. The number of hydrogen-bond acceptors (Lipinski definition) is 3. The van der Waals surface area contributed by atoms with Gasteiger partial charge in [0.05, 0.1) is 11.3 Å². The van der Waals surface area contributed by atoms with Crippen LogP contribution in [0.5, 0.6) is 0 Å². The van der Waals surface area contributed by atoms with E-state index >= 15 is 0 Å². The second-order valence-corrected chi connectivity index (χ2v) is 6.78. The summed E-state index contributed by atoms with van der Waals surface area (Å²) < 4.78 is 0. The molecule has 1 aromatic carbocycles. The molecular formula is C17H18O2S. The Morgan fingerprint density at radius 1 is 1.00 bits per heavy atom. The number of rotatable bonds is 4. The maximum absolute atomic E-state index is 12.1. The van der Waals surface area contributed by atoms with E-state index < -0.39 is 0 Å². The third-order valence-corrected chi connectivity index (χ3v) is 4.10. The van der Waals surface area contributed by atoms with Crippen molar-refractivity contribution in [2.45, 2.75) is 32.6 Å². The minimum atomic E-state index is -0.121. The molecule has 0 saturated carbocycles. The molecule has 0 unspecified atom stereocenters. The number of Topliss-reactive ketones (excluding diaryl/α,β-unsaturated/α-hetero) is 2. The van der Waals surface area contributed by atoms with Gasteiger partial charge in [0.25, 0.3) is 0 Å². The maximum Gasteiger partial charge on any atom is 0.180 e. The van der Waals surface area contributed by atoms with Gasteiger partial charge >= 0.3 is 0 Å². The molecular weight excluding hydrogens is 268 g/mol. The van der Waals surface area contributed by atoms with Crippen LogP contribution >= 0.6 is 11.3 Å². The lowest BCUT2D eigenvalue weighted by Gasteiger charge is -2.18. The van der Waals surface area contributed by atoms with Crippen molar-refractivity contribution < 1.29 is 9.59 Å². The van der Waals surface area contributed by atoms with Gasteiger partial charge in [-0.15, -0.1) is 11.3 Å². The lowest BCUT2D eigenvalue weighted by Crippen LogP contribution is -2.12. The molecule has 2 nitrogen and oxygen atoms in total. The Kier molecular flexibility index (Phi) is 4.19. The first-order valence-corrected chi connectivity index (χ1v) is 7.46. The van der Waals surface area contributed by atoms with Crippen molar-refractivity contribution in [3.63, 3.8) is 0 Å². The smallest absolute Gasteiger partial charge is 0.180 e. The van der Waals surface area contributed by atoms with E-state index in [-0.39, 0.29) is 23.4 Å². The van der Waals surface area contributed by atoms with Crippen molar-refractivity contribution >= 4 is 22.9 Å². The van der Waals surface area contributed by atoms with Gasteiger partial charge in [-0.1, -0.05) is 51.1 Å². The van der Waals surface area contributed by atoms with E-state index in [4.69, 9.17) is 0 Å². The van der Waals surface area contributed by atoms with E-state index in [0.29, 0.717) is 10.4 Å². The van der Waals surface area contributed by atoms with Crippen LogP contribution in [-0.4, -0.2) is 11.6 Å². The van der Waals surface area contributed by atoms with E-state index in [9.17, 15) is 9.59 Å². The molecule has 0 aliphatic rings. The van der Waals surface area contributed by atoms with Gasteiger partial charge in [-0.25, -0.2) is 0 Å². The Hall–Kier alpha value is -1.74. The molecule has 0 fully saturated rings. The van der Waals surface area contributed by atoms with Crippen LogP contribution in [0.4, 0.5) is 0 Å². The van der Waals surface area contributed by atoms with Crippen molar-refractivity contribution in [1.29, 1.82) is 0 Å². The highest BCUT2D eigenvalue weighted by Crippen LogP contribution is 2.22. The summed E-state index contributed by atoms with van der Waals surface area (Å²) in [6, 6.07) is 11.1. The molecule has 0 N–H and O–H groups in total. The minimum absolute atomic E-state index is 0.0601. The summed E-state index contributed by atoms with van der Waals surface area (Å²) in [6.07, 6.45) is -0.0601. The summed E-state index contributed by atoms with van der Waals surface area (Å²) >= 11 is 1.37. The van der Waals surface area contributed by atoms with Crippen LogP contribution in [0, 0.1) is 0 Å². The number of ketones is 2. The van der Waals surface area contributed by atoms with Gasteiger partial charge in [0.2, 0.25) is 0 Å². The molecule has 0 atom stereocenters. The van der Waals surface area contributed by atoms with Gasteiger partial charge in [0, 0.05) is 5.56 Å². The van der Waals surface area contributed by atoms with Crippen molar-refractivity contribution in [3.05, 3.63) is 57.8 Å². The summed E-state index contributed by atoms with van der Waals surface area (Å²) in [7, 11) is 0. The molecule has 0 radical (unpaired) electrons. The third-order valence-electron chi connectivity index (χ3n) is 3.19. The van der Waals surface area contributed by atoms with Crippen molar-refractivity contribution in [1.82, 2.24) is 0 Å². The summed E-state index contributed by atoms with van der Waals surface area (Å²) in [6.45, 7) is 6.39. The fourth-order valence-corrected chi connectivity index (χ4v) is 2.59. The normalized spacial score (nSPS) is 11.3. The average molecular weight is 286 g/mol. The second kappa shape index (κ2) is 5.71. The van der Waals surface area contributed by atoms with Crippen molar-refractivity contribution in [3.8, 4) is 0 Å². The Labute approximate surface area is 123 Å². The molecule has 104 valence electrons. The van der Waals surface area contributed by atoms with Crippen LogP contribution in [0.25, 0.3) is 0 Å². The molecule has 0 spiro atoms. The highest BCUT2D eigenvalue weighted by molar-refractivity contribution is 7.12. The molecule has 0 aliphatic heterocycles. The number of thiophene rings is 1. The molecule has 2 aromatic rings. The number of hydrogen-bond donors (Lipinski definition) is 0. The lowest BCUT2D eigenvalue weighted by molar-refractivity contribution is 0.0896. The molecule has 0 bridgehead atoms. The monoisotopic (exact) mass is 286 g/mol. The number of carbonyl (C=O) groups is 2. The van der Waals surface area contributed by atoms with Crippen LogP contribution < -0.4 is 0 Å². The van der Waals surface area contributed by atoms with Crippen LogP contribution in [0.1, 0.15) is 52.8 Å². The third kappa shape index (κ3) is 3.42. The molecule has 2 rings (SSSR count). The lowest BCUT2D eigenvalue weighted by atomic mass is 9.86. The number of benzene rings is 1. The van der Waals surface area contributed by atoms with Gasteiger partial charge in [0.15, 0.2) is 11.6 Å². The van der Waals surface area contributed by atoms with Gasteiger partial charge in [-0.3, -0.25) is 9.59 Å². The first-order valence-electron chi connectivity index (χ1n) is 6.58. The first kappa shape index (κ1) is 14.7. The first-order chi connectivity index (χ1) is 9.38. The van der Waals surface area contributed by atoms with Gasteiger partial charge in [-0.05, 0) is 22.4 Å². The fraction of sp³-hybridized carbons (Fsp3) is 0.294. The summed E-state index contributed by atoms with van der Waals surface area (Å²) in [5, 5.41) is 1.84. The maximum atomic E-state index is 12.1. The van der Waals surface area contributed by atoms with E-state index in [2.05, 4.69) is 20.8 Å². The standard InChI is InChI=1S/C17H18O2S/c1-17(2,3)13-8-6-12(7-9-13)14(18)11-15(19)16-5-4-10-20-16/h4-10H,11H2,1-3H3. The summed E-state index contributed by atoms with van der Waals surface area (Å²) in [5.41, 5.74) is 1.84. The molecule has 0 saturated heterocycles. The summed E-state index contributed by atoms with van der Waals surface area (Å²) in [5.74, 6) is -0.228. The van der Waals surface area contributed by atoms with Gasteiger partial charge in [0.1, 0.15) is 0 Å². The van der Waals surface area contributed by atoms with Crippen LogP contribution in [0.15, 0.2) is 41.8 Å². The van der Waals surface area contributed by atoms with Gasteiger partial charge in [-0.2, -0.15) is 0 Å². The zero-order chi connectivity index (χ0) is 14.8. The Morgan fingerprint density at radius 3 is 2.15 bits per heavy atom. The topological polar surface area (TPSA) is 34.1 Å². The van der Waals surface area contributed by atoms with E-state index in [1.807, 2.05) is 35.7 Å². The van der Waals surface area contributed by atoms with Gasteiger partial charge < -0.3 is 0 Å². The van der Waals surface area contributed by atoms with Crippen molar-refractivity contribution in [2.75, 3.05) is 0 Å². The van der Waals surface area contributed by atoms with E-state index in [0.717, 1.165) is 0 Å².